The van der Waals surface area contributed by atoms with Gasteiger partial charge in [0.15, 0.2) is 0 Å². The van der Waals surface area contributed by atoms with E-state index in [9.17, 15) is 39.5 Å². The molecule has 0 aliphatic rings. The molecule has 0 spiro atoms. The number of halogens is 11. The van der Waals surface area contributed by atoms with Gasteiger partial charge in [-0.3, -0.25) is 0 Å². The number of unbranched alkanes of at least 4 members (excludes halogenated alkanes) is 8. The molecule has 1 aromatic rings. The summed E-state index contributed by atoms with van der Waals surface area (Å²) in [7, 11) is 0. The van der Waals surface area contributed by atoms with Gasteiger partial charge in [-0.25, -0.2) is 0 Å². The lowest BCUT2D eigenvalue weighted by Crippen LogP contribution is -2.60. The fraction of sp³-hybridized carbons (Fsp3) is 0.789. The van der Waals surface area contributed by atoms with E-state index in [0.29, 0.717) is 12.8 Å². The molecule has 0 unspecified atom stereocenters. The van der Waals surface area contributed by atoms with Gasteiger partial charge < -0.3 is 0 Å². The Balaban J connectivity index is 2.16. The van der Waals surface area contributed by atoms with E-state index in [4.69, 9.17) is 0 Å². The second-order valence-corrected chi connectivity index (χ2v) is 11.1. The molecular formula is C19H23Br2F9S. The summed E-state index contributed by atoms with van der Waals surface area (Å²) in [6.45, 7) is 0. The van der Waals surface area contributed by atoms with Crippen LogP contribution in [-0.4, -0.2) is 23.9 Å². The van der Waals surface area contributed by atoms with Crippen molar-refractivity contribution in [2.75, 3.05) is 0 Å². The molecule has 1 rings (SSSR count). The third-order valence-corrected chi connectivity index (χ3v) is 7.34. The maximum Gasteiger partial charge on any atom is 0.460 e. The van der Waals surface area contributed by atoms with E-state index >= 15 is 0 Å². The highest BCUT2D eigenvalue weighted by molar-refractivity contribution is 9.12. The third kappa shape index (κ3) is 8.08. The van der Waals surface area contributed by atoms with Crippen molar-refractivity contribution in [3.63, 3.8) is 0 Å². The average molecular weight is 614 g/mol. The van der Waals surface area contributed by atoms with Crippen LogP contribution in [0.15, 0.2) is 13.6 Å². The summed E-state index contributed by atoms with van der Waals surface area (Å²) in [5, 5.41) is 0. The second-order valence-electron chi connectivity index (χ2n) is 7.38. The Bertz CT molecular complexity index is 672. The molecule has 1 heterocycles. The first kappa shape index (κ1) is 29.1. The van der Waals surface area contributed by atoms with Crippen molar-refractivity contribution in [2.24, 2.45) is 0 Å². The summed E-state index contributed by atoms with van der Waals surface area (Å²) in [5.74, 6) is -18.7. The standard InChI is InChI=1S/C19H23Br2F9S/c20-14-12-13(15(21)31-14)10-8-6-4-2-1-3-5-7-9-11-16(22,23)17(24,25)18(26,27)19(28,29)30/h12H,1-11H2. The third-order valence-electron chi connectivity index (χ3n) is 4.87. The van der Waals surface area contributed by atoms with E-state index in [1.165, 1.54) is 5.56 Å². The summed E-state index contributed by atoms with van der Waals surface area (Å²) in [5.41, 5.74) is 1.24. The minimum absolute atomic E-state index is 0.0598. The molecule has 0 aromatic carbocycles. The zero-order valence-electron chi connectivity index (χ0n) is 16.4. The Kier molecular flexibility index (Phi) is 11.2. The Hall–Kier alpha value is 0.0300. The van der Waals surface area contributed by atoms with E-state index in [-0.39, 0.29) is 6.42 Å². The van der Waals surface area contributed by atoms with Crippen LogP contribution in [0.3, 0.4) is 0 Å². The monoisotopic (exact) mass is 612 g/mol. The van der Waals surface area contributed by atoms with Crippen LogP contribution in [0, 0.1) is 0 Å². The lowest BCUT2D eigenvalue weighted by Gasteiger charge is -2.33. The molecule has 1 aromatic heterocycles. The van der Waals surface area contributed by atoms with Crippen molar-refractivity contribution >= 4 is 43.2 Å². The Labute approximate surface area is 196 Å². The Morgan fingerprint density at radius 2 is 1.10 bits per heavy atom. The van der Waals surface area contributed by atoms with Crippen LogP contribution < -0.4 is 0 Å². The first-order valence-electron chi connectivity index (χ1n) is 9.77. The summed E-state index contributed by atoms with van der Waals surface area (Å²) in [4.78, 5) is 0. The predicted molar refractivity (Wildman–Crippen MR) is 110 cm³/mol. The van der Waals surface area contributed by atoms with Gasteiger partial charge in [-0.15, -0.1) is 11.3 Å². The van der Waals surface area contributed by atoms with E-state index in [1.54, 1.807) is 11.3 Å². The smallest absolute Gasteiger partial charge is 0.200 e. The molecule has 31 heavy (non-hydrogen) atoms. The van der Waals surface area contributed by atoms with Gasteiger partial charge in [-0.05, 0) is 62.8 Å². The van der Waals surface area contributed by atoms with Crippen molar-refractivity contribution in [3.05, 3.63) is 19.2 Å². The largest absolute Gasteiger partial charge is 0.460 e. The maximum absolute atomic E-state index is 13.4. The molecule has 12 heteroatoms. The topological polar surface area (TPSA) is 0 Å². The van der Waals surface area contributed by atoms with Crippen molar-refractivity contribution in [1.29, 1.82) is 0 Å². The van der Waals surface area contributed by atoms with E-state index < -0.39 is 36.8 Å². The molecule has 0 aliphatic heterocycles. The highest BCUT2D eigenvalue weighted by Crippen LogP contribution is 2.54. The van der Waals surface area contributed by atoms with Crippen molar-refractivity contribution in [3.8, 4) is 0 Å². The Morgan fingerprint density at radius 1 is 0.645 bits per heavy atom. The number of hydrogen-bond acceptors (Lipinski definition) is 1. The number of rotatable bonds is 14. The van der Waals surface area contributed by atoms with E-state index in [1.807, 2.05) is 0 Å². The van der Waals surface area contributed by atoms with Gasteiger partial charge in [0, 0.05) is 6.42 Å². The first-order valence-corrected chi connectivity index (χ1v) is 12.2. The molecule has 0 amide bonds. The molecule has 0 nitrogen and oxygen atoms in total. The quantitative estimate of drug-likeness (QED) is 0.145. The molecule has 0 radical (unpaired) electrons. The number of aryl methyl sites for hydroxylation is 1. The number of thiophene rings is 1. The molecule has 182 valence electrons. The van der Waals surface area contributed by atoms with Crippen LogP contribution in [0.2, 0.25) is 0 Å². The fourth-order valence-corrected chi connectivity index (χ4v) is 5.92. The lowest BCUT2D eigenvalue weighted by molar-refractivity contribution is -0.396. The van der Waals surface area contributed by atoms with Crippen LogP contribution in [0.25, 0.3) is 0 Å². The molecule has 0 saturated heterocycles. The van der Waals surface area contributed by atoms with Gasteiger partial charge >= 0.3 is 23.9 Å². The zero-order chi connectivity index (χ0) is 23.9. The van der Waals surface area contributed by atoms with Crippen LogP contribution in [0.4, 0.5) is 39.5 Å². The minimum Gasteiger partial charge on any atom is -0.200 e. The first-order chi connectivity index (χ1) is 14.1. The summed E-state index contributed by atoms with van der Waals surface area (Å²) in [6.07, 6.45) is -2.18. The van der Waals surface area contributed by atoms with Crippen LogP contribution in [-0.2, 0) is 6.42 Å². The average Bonchev–Trinajstić information content (AvgIpc) is 2.95. The molecule has 0 atom stereocenters. The normalized spacial score (nSPS) is 13.8. The van der Waals surface area contributed by atoms with Crippen LogP contribution in [0.5, 0.6) is 0 Å². The van der Waals surface area contributed by atoms with E-state index in [2.05, 4.69) is 37.9 Å². The molecule has 0 saturated carbocycles. The zero-order valence-corrected chi connectivity index (χ0v) is 20.4. The molecule has 0 bridgehead atoms. The van der Waals surface area contributed by atoms with Crippen molar-refractivity contribution < 1.29 is 39.5 Å². The summed E-state index contributed by atoms with van der Waals surface area (Å²) < 4.78 is 117. The van der Waals surface area contributed by atoms with Crippen molar-refractivity contribution in [1.82, 2.24) is 0 Å². The van der Waals surface area contributed by atoms with E-state index in [0.717, 1.165) is 46.1 Å². The molecule has 0 aliphatic carbocycles. The lowest BCUT2D eigenvalue weighted by atomic mass is 9.97. The number of hydrogen-bond donors (Lipinski definition) is 0. The highest BCUT2D eigenvalue weighted by Gasteiger charge is 2.81. The molecule has 0 N–H and O–H groups in total. The predicted octanol–water partition coefficient (Wildman–Crippen LogP) is 10.2. The van der Waals surface area contributed by atoms with Gasteiger partial charge in [0.25, 0.3) is 0 Å². The summed E-state index contributed by atoms with van der Waals surface area (Å²) in [6, 6.07) is 2.07. The van der Waals surface area contributed by atoms with Gasteiger partial charge in [0.05, 0.1) is 7.57 Å². The van der Waals surface area contributed by atoms with Crippen LogP contribution >= 0.6 is 43.2 Å². The van der Waals surface area contributed by atoms with Gasteiger partial charge in [-0.2, -0.15) is 39.5 Å². The SMILES string of the molecule is FC(F)(F)C(F)(F)C(F)(F)C(F)(F)CCCCCCCCCCCc1cc(Br)sc1Br. The van der Waals surface area contributed by atoms with Gasteiger partial charge in [0.2, 0.25) is 0 Å². The van der Waals surface area contributed by atoms with Crippen LogP contribution in [0.1, 0.15) is 69.8 Å². The number of alkyl halides is 9. The summed E-state index contributed by atoms with van der Waals surface area (Å²) >= 11 is 8.53. The maximum atomic E-state index is 13.4. The second kappa shape index (κ2) is 11.9. The minimum atomic E-state index is -6.79. The molecule has 0 fully saturated rings. The fourth-order valence-electron chi connectivity index (χ4n) is 3.01. The Morgan fingerprint density at radius 3 is 1.52 bits per heavy atom. The molecular weight excluding hydrogens is 591 g/mol. The van der Waals surface area contributed by atoms with Gasteiger partial charge in [-0.1, -0.05) is 44.9 Å². The van der Waals surface area contributed by atoms with Crippen molar-refractivity contribution in [2.45, 2.75) is 94.6 Å². The van der Waals surface area contributed by atoms with Gasteiger partial charge in [0.1, 0.15) is 0 Å². The highest BCUT2D eigenvalue weighted by atomic mass is 79.9.